The molecule has 1 aliphatic rings. The summed E-state index contributed by atoms with van der Waals surface area (Å²) >= 11 is 0. The lowest BCUT2D eigenvalue weighted by Gasteiger charge is -2.32. The molecule has 2 heterocycles. The van der Waals surface area contributed by atoms with Crippen LogP contribution in [0, 0.1) is 0 Å². The topological polar surface area (TPSA) is 84.5 Å². The number of carbonyl (C=O) groups is 2. The molecular formula is C20H22N2O4. The number of rotatable bonds is 6. The summed E-state index contributed by atoms with van der Waals surface area (Å²) in [6, 6.07) is 6.91. The fraction of sp³-hybridized carbons (Fsp3) is 0.300. The van der Waals surface area contributed by atoms with Gasteiger partial charge in [-0.1, -0.05) is 12.8 Å². The summed E-state index contributed by atoms with van der Waals surface area (Å²) in [6.07, 6.45) is 13.0. The predicted molar refractivity (Wildman–Crippen MR) is 97.8 cm³/mol. The second-order valence-electron chi connectivity index (χ2n) is 6.21. The molecule has 136 valence electrons. The Kier molecular flexibility index (Phi) is 6.09. The van der Waals surface area contributed by atoms with Crippen molar-refractivity contribution in [1.29, 1.82) is 0 Å². The van der Waals surface area contributed by atoms with Gasteiger partial charge in [-0.05, 0) is 49.3 Å². The molecule has 0 radical (unpaired) electrons. The van der Waals surface area contributed by atoms with Crippen LogP contribution in [0.2, 0.25) is 0 Å². The molecule has 1 saturated carbocycles. The molecule has 26 heavy (non-hydrogen) atoms. The predicted octanol–water partition coefficient (Wildman–Crippen LogP) is 3.14. The lowest BCUT2D eigenvalue weighted by molar-refractivity contribution is -0.120. The molecule has 0 unspecified atom stereocenters. The van der Waals surface area contributed by atoms with Gasteiger partial charge in [0, 0.05) is 24.2 Å². The van der Waals surface area contributed by atoms with Gasteiger partial charge in [-0.15, -0.1) is 0 Å². The van der Waals surface area contributed by atoms with Crippen LogP contribution in [0.4, 0.5) is 0 Å². The number of hydrogen-bond donors (Lipinski definition) is 2. The number of furan rings is 2. The summed E-state index contributed by atoms with van der Waals surface area (Å²) in [6.45, 7) is 0. The Bertz CT molecular complexity index is 694. The molecule has 1 fully saturated rings. The van der Waals surface area contributed by atoms with E-state index < -0.39 is 0 Å². The zero-order valence-corrected chi connectivity index (χ0v) is 14.4. The van der Waals surface area contributed by atoms with Gasteiger partial charge in [0.05, 0.1) is 12.5 Å². The Balaban J connectivity index is 1.53. The summed E-state index contributed by atoms with van der Waals surface area (Å²) in [5.74, 6) is 0.853. The van der Waals surface area contributed by atoms with Crippen molar-refractivity contribution in [2.24, 2.45) is 0 Å². The molecule has 2 amide bonds. The highest BCUT2D eigenvalue weighted by molar-refractivity contribution is 5.92. The number of amides is 2. The first-order valence-corrected chi connectivity index (χ1v) is 8.75. The van der Waals surface area contributed by atoms with Crippen molar-refractivity contribution in [2.75, 3.05) is 0 Å². The van der Waals surface area contributed by atoms with Gasteiger partial charge in [-0.25, -0.2) is 0 Å². The Labute approximate surface area is 151 Å². The summed E-state index contributed by atoms with van der Waals surface area (Å²) in [4.78, 5) is 24.3. The smallest absolute Gasteiger partial charge is 0.244 e. The van der Waals surface area contributed by atoms with Crippen LogP contribution in [0.5, 0.6) is 0 Å². The third-order valence-electron chi connectivity index (χ3n) is 4.31. The van der Waals surface area contributed by atoms with E-state index in [1.165, 1.54) is 12.2 Å². The van der Waals surface area contributed by atoms with Crippen molar-refractivity contribution < 1.29 is 18.4 Å². The van der Waals surface area contributed by atoms with Crippen molar-refractivity contribution in [1.82, 2.24) is 10.6 Å². The van der Waals surface area contributed by atoms with E-state index in [1.54, 1.807) is 48.9 Å². The fourth-order valence-corrected chi connectivity index (χ4v) is 3.03. The van der Waals surface area contributed by atoms with Gasteiger partial charge < -0.3 is 19.5 Å². The Morgan fingerprint density at radius 2 is 1.31 bits per heavy atom. The maximum atomic E-state index is 12.1. The van der Waals surface area contributed by atoms with E-state index in [1.807, 2.05) is 0 Å². The molecular weight excluding hydrogens is 332 g/mol. The molecule has 3 rings (SSSR count). The first-order valence-electron chi connectivity index (χ1n) is 8.75. The minimum absolute atomic E-state index is 0.0848. The molecule has 2 N–H and O–H groups in total. The summed E-state index contributed by atoms with van der Waals surface area (Å²) in [5, 5.41) is 5.96. The summed E-state index contributed by atoms with van der Waals surface area (Å²) in [7, 11) is 0. The van der Waals surface area contributed by atoms with E-state index in [4.69, 9.17) is 8.83 Å². The zero-order valence-electron chi connectivity index (χ0n) is 14.4. The Morgan fingerprint density at radius 1 is 0.846 bits per heavy atom. The summed E-state index contributed by atoms with van der Waals surface area (Å²) in [5.41, 5.74) is 0. The van der Waals surface area contributed by atoms with Crippen LogP contribution in [-0.2, 0) is 9.59 Å². The van der Waals surface area contributed by atoms with Gasteiger partial charge in [0.2, 0.25) is 11.8 Å². The van der Waals surface area contributed by atoms with Crippen LogP contribution >= 0.6 is 0 Å². The Hall–Kier alpha value is -3.02. The molecule has 6 heteroatoms. The fourth-order valence-electron chi connectivity index (χ4n) is 3.03. The van der Waals surface area contributed by atoms with Crippen LogP contribution in [0.1, 0.15) is 37.2 Å². The van der Waals surface area contributed by atoms with E-state index >= 15 is 0 Å². The monoisotopic (exact) mass is 354 g/mol. The van der Waals surface area contributed by atoms with E-state index in [0.717, 1.165) is 25.7 Å². The molecule has 1 aliphatic carbocycles. The standard InChI is InChI=1S/C20H22N2O4/c23-19(11-9-15-5-3-13-25-15)21-17-7-1-2-8-18(17)22-20(24)12-10-16-6-4-14-26-16/h3-6,9-14,17-18H,1-2,7-8H2,(H,21,23)(H,22,24)/t17-,18-/m1/s1. The SMILES string of the molecule is O=C(C=Cc1ccco1)N[C@@H]1CCCC[C@H]1NC(=O)C=Cc1ccco1. The molecule has 2 atom stereocenters. The minimum atomic E-state index is -0.196. The average molecular weight is 354 g/mol. The highest BCUT2D eigenvalue weighted by Gasteiger charge is 2.26. The molecule has 6 nitrogen and oxygen atoms in total. The highest BCUT2D eigenvalue weighted by atomic mass is 16.3. The van der Waals surface area contributed by atoms with Gasteiger partial charge in [0.15, 0.2) is 0 Å². The molecule has 0 aromatic carbocycles. The molecule has 0 bridgehead atoms. The van der Waals surface area contributed by atoms with Crippen molar-refractivity contribution >= 4 is 24.0 Å². The van der Waals surface area contributed by atoms with Crippen molar-refractivity contribution in [3.05, 3.63) is 60.5 Å². The molecule has 0 aliphatic heterocycles. The number of hydrogen-bond acceptors (Lipinski definition) is 4. The van der Waals surface area contributed by atoms with Crippen LogP contribution < -0.4 is 10.6 Å². The van der Waals surface area contributed by atoms with Crippen molar-refractivity contribution in [3.8, 4) is 0 Å². The first kappa shape index (κ1) is 17.8. The third-order valence-corrected chi connectivity index (χ3v) is 4.31. The van der Waals surface area contributed by atoms with Gasteiger partial charge in [-0.2, -0.15) is 0 Å². The van der Waals surface area contributed by atoms with Gasteiger partial charge in [0.25, 0.3) is 0 Å². The number of carbonyl (C=O) groups excluding carboxylic acids is 2. The van der Waals surface area contributed by atoms with E-state index in [-0.39, 0.29) is 23.9 Å². The minimum Gasteiger partial charge on any atom is -0.465 e. The van der Waals surface area contributed by atoms with E-state index in [2.05, 4.69) is 10.6 Å². The van der Waals surface area contributed by atoms with Crippen LogP contribution in [-0.4, -0.2) is 23.9 Å². The van der Waals surface area contributed by atoms with Gasteiger partial charge in [0.1, 0.15) is 11.5 Å². The maximum absolute atomic E-state index is 12.1. The van der Waals surface area contributed by atoms with Crippen LogP contribution in [0.25, 0.3) is 12.2 Å². The Morgan fingerprint density at radius 3 is 1.69 bits per heavy atom. The van der Waals surface area contributed by atoms with Crippen LogP contribution in [0.15, 0.2) is 57.8 Å². The number of nitrogens with one attached hydrogen (secondary N) is 2. The van der Waals surface area contributed by atoms with E-state index in [9.17, 15) is 9.59 Å². The van der Waals surface area contributed by atoms with Gasteiger partial charge in [-0.3, -0.25) is 9.59 Å². The summed E-state index contributed by atoms with van der Waals surface area (Å²) < 4.78 is 10.3. The zero-order chi connectivity index (χ0) is 18.2. The quantitative estimate of drug-likeness (QED) is 0.781. The lowest BCUT2D eigenvalue weighted by Crippen LogP contribution is -2.52. The molecule has 0 spiro atoms. The second-order valence-corrected chi connectivity index (χ2v) is 6.21. The van der Waals surface area contributed by atoms with Gasteiger partial charge >= 0.3 is 0 Å². The molecule has 2 aromatic rings. The maximum Gasteiger partial charge on any atom is 0.244 e. The highest BCUT2D eigenvalue weighted by Crippen LogP contribution is 2.19. The van der Waals surface area contributed by atoms with E-state index in [0.29, 0.717) is 11.5 Å². The first-order chi connectivity index (χ1) is 12.7. The lowest BCUT2D eigenvalue weighted by atomic mass is 9.90. The molecule has 2 aromatic heterocycles. The average Bonchev–Trinajstić information content (AvgIpc) is 3.34. The molecule has 0 saturated heterocycles. The second kappa shape index (κ2) is 8.89. The van der Waals surface area contributed by atoms with Crippen molar-refractivity contribution in [3.63, 3.8) is 0 Å². The third kappa shape index (κ3) is 5.24. The largest absolute Gasteiger partial charge is 0.465 e. The normalized spacial score (nSPS) is 20.5. The van der Waals surface area contributed by atoms with Crippen molar-refractivity contribution in [2.45, 2.75) is 37.8 Å². The van der Waals surface area contributed by atoms with Crippen LogP contribution in [0.3, 0.4) is 0 Å².